The third-order valence-electron chi connectivity index (χ3n) is 4.13. The molecular weight excluding hydrogens is 339 g/mol. The largest absolute Gasteiger partial charge is 0.379 e. The lowest BCUT2D eigenvalue weighted by molar-refractivity contribution is -0.116. The summed E-state index contributed by atoms with van der Waals surface area (Å²) in [7, 11) is 0. The maximum absolute atomic E-state index is 13.6. The van der Waals surface area contributed by atoms with Crippen molar-refractivity contribution in [1.82, 2.24) is 10.2 Å². The second-order valence-electron chi connectivity index (χ2n) is 5.81. The monoisotopic (exact) mass is 360 g/mol. The number of morpholine rings is 1. The molecule has 1 N–H and O–H groups in total. The van der Waals surface area contributed by atoms with Gasteiger partial charge >= 0.3 is 0 Å². The molecule has 0 radical (unpaired) electrons. The Hall–Kier alpha value is -2.02. The first-order valence-electron chi connectivity index (χ1n) is 8.29. The molecule has 132 valence electrons. The molecule has 1 amide bonds. The first kappa shape index (κ1) is 17.8. The first-order valence-corrected chi connectivity index (χ1v) is 9.17. The number of benzene rings is 1. The Morgan fingerprint density at radius 1 is 1.32 bits per heavy atom. The molecule has 1 aromatic heterocycles. The number of carbonyl (C=O) groups is 1. The molecule has 0 bridgehead atoms. The van der Waals surface area contributed by atoms with Gasteiger partial charge in [-0.1, -0.05) is 18.2 Å². The molecule has 6 heteroatoms. The van der Waals surface area contributed by atoms with E-state index in [-0.39, 0.29) is 17.8 Å². The summed E-state index contributed by atoms with van der Waals surface area (Å²) in [6.45, 7) is 3.26. The minimum absolute atomic E-state index is 0.0707. The van der Waals surface area contributed by atoms with Crippen LogP contribution in [0.5, 0.6) is 0 Å². The van der Waals surface area contributed by atoms with Crippen molar-refractivity contribution in [1.29, 1.82) is 0 Å². The Kier molecular flexibility index (Phi) is 6.33. The van der Waals surface area contributed by atoms with Crippen LogP contribution in [0.25, 0.3) is 6.08 Å². The summed E-state index contributed by atoms with van der Waals surface area (Å²) in [4.78, 5) is 15.4. The van der Waals surface area contributed by atoms with Gasteiger partial charge in [-0.05, 0) is 35.2 Å². The second kappa shape index (κ2) is 8.89. The Balaban J connectivity index is 1.65. The Morgan fingerprint density at radius 2 is 2.16 bits per heavy atom. The SMILES string of the molecule is O=C(/C=C/c1cccs1)NCC(c1cccc(F)c1)N1CCOCC1. The van der Waals surface area contributed by atoms with Gasteiger partial charge in [0, 0.05) is 30.6 Å². The fraction of sp³-hybridized carbons (Fsp3) is 0.316. The molecule has 25 heavy (non-hydrogen) atoms. The number of thiophene rings is 1. The Labute approximate surface area is 150 Å². The summed E-state index contributed by atoms with van der Waals surface area (Å²) < 4.78 is 19.0. The molecule has 1 aliphatic rings. The molecule has 0 spiro atoms. The summed E-state index contributed by atoms with van der Waals surface area (Å²) in [6.07, 6.45) is 3.33. The molecule has 1 unspecified atom stereocenters. The summed E-state index contributed by atoms with van der Waals surface area (Å²) in [6, 6.07) is 10.4. The van der Waals surface area contributed by atoms with Gasteiger partial charge in [0.15, 0.2) is 0 Å². The van der Waals surface area contributed by atoms with E-state index in [9.17, 15) is 9.18 Å². The molecule has 4 nitrogen and oxygen atoms in total. The predicted molar refractivity (Wildman–Crippen MR) is 97.9 cm³/mol. The van der Waals surface area contributed by atoms with Crippen LogP contribution in [-0.2, 0) is 9.53 Å². The van der Waals surface area contributed by atoms with Gasteiger partial charge < -0.3 is 10.1 Å². The van der Waals surface area contributed by atoms with E-state index in [4.69, 9.17) is 4.74 Å². The van der Waals surface area contributed by atoms with Crippen molar-refractivity contribution in [3.63, 3.8) is 0 Å². The molecule has 0 aliphatic carbocycles. The van der Waals surface area contributed by atoms with Crippen molar-refractivity contribution in [2.45, 2.75) is 6.04 Å². The molecule has 1 aliphatic heterocycles. The van der Waals surface area contributed by atoms with Gasteiger partial charge in [0.25, 0.3) is 0 Å². The summed E-state index contributed by atoms with van der Waals surface area (Å²) in [5, 5.41) is 4.90. The van der Waals surface area contributed by atoms with E-state index in [1.807, 2.05) is 23.6 Å². The van der Waals surface area contributed by atoms with Gasteiger partial charge in [-0.25, -0.2) is 4.39 Å². The summed E-state index contributed by atoms with van der Waals surface area (Å²) >= 11 is 1.58. The number of halogens is 1. The minimum atomic E-state index is -0.264. The van der Waals surface area contributed by atoms with Crippen LogP contribution in [0.4, 0.5) is 4.39 Å². The van der Waals surface area contributed by atoms with Crippen molar-refractivity contribution < 1.29 is 13.9 Å². The zero-order valence-electron chi connectivity index (χ0n) is 13.9. The molecular formula is C19H21FN2O2S. The Bertz CT molecular complexity index is 712. The maximum atomic E-state index is 13.6. The number of rotatable bonds is 6. The van der Waals surface area contributed by atoms with Crippen LogP contribution < -0.4 is 5.32 Å². The fourth-order valence-electron chi connectivity index (χ4n) is 2.86. The highest BCUT2D eigenvalue weighted by Crippen LogP contribution is 2.22. The van der Waals surface area contributed by atoms with E-state index in [1.54, 1.807) is 23.5 Å². The zero-order valence-corrected chi connectivity index (χ0v) is 14.7. The standard InChI is InChI=1S/C19H21FN2O2S/c20-16-4-1-3-15(13-16)18(22-8-10-24-11-9-22)14-21-19(23)7-6-17-5-2-12-25-17/h1-7,12-13,18H,8-11,14H2,(H,21,23)/b7-6+. The van der Waals surface area contributed by atoms with Crippen molar-refractivity contribution >= 4 is 23.3 Å². The van der Waals surface area contributed by atoms with Gasteiger partial charge in [0.2, 0.25) is 5.91 Å². The molecule has 1 aromatic carbocycles. The van der Waals surface area contributed by atoms with Crippen LogP contribution >= 0.6 is 11.3 Å². The quantitative estimate of drug-likeness (QED) is 0.805. The minimum Gasteiger partial charge on any atom is -0.379 e. The van der Waals surface area contributed by atoms with Crippen LogP contribution in [0.2, 0.25) is 0 Å². The molecule has 1 atom stereocenters. The van der Waals surface area contributed by atoms with Crippen LogP contribution in [0.3, 0.4) is 0 Å². The second-order valence-corrected chi connectivity index (χ2v) is 6.79. The van der Waals surface area contributed by atoms with Gasteiger partial charge in [-0.3, -0.25) is 9.69 Å². The number of amides is 1. The highest BCUT2D eigenvalue weighted by molar-refractivity contribution is 7.10. The number of hydrogen-bond acceptors (Lipinski definition) is 4. The zero-order chi connectivity index (χ0) is 17.5. The van der Waals surface area contributed by atoms with E-state index in [0.717, 1.165) is 23.5 Å². The van der Waals surface area contributed by atoms with E-state index >= 15 is 0 Å². The van der Waals surface area contributed by atoms with Crippen LogP contribution in [0.1, 0.15) is 16.5 Å². The number of nitrogens with one attached hydrogen (secondary N) is 1. The highest BCUT2D eigenvalue weighted by atomic mass is 32.1. The van der Waals surface area contributed by atoms with Gasteiger partial charge in [0.05, 0.1) is 19.3 Å². The van der Waals surface area contributed by atoms with Gasteiger partial charge in [0.1, 0.15) is 5.82 Å². The van der Waals surface area contributed by atoms with Crippen molar-refractivity contribution in [2.24, 2.45) is 0 Å². The third-order valence-corrected chi connectivity index (χ3v) is 4.97. The number of carbonyl (C=O) groups excluding carboxylic acids is 1. The molecule has 3 rings (SSSR count). The average Bonchev–Trinajstić information content (AvgIpc) is 3.15. The highest BCUT2D eigenvalue weighted by Gasteiger charge is 2.23. The van der Waals surface area contributed by atoms with Crippen LogP contribution in [0.15, 0.2) is 47.9 Å². The van der Waals surface area contributed by atoms with Crippen LogP contribution in [-0.4, -0.2) is 43.7 Å². The first-order chi connectivity index (χ1) is 12.2. The molecule has 2 aromatic rings. The summed E-state index contributed by atoms with van der Waals surface area (Å²) in [5.74, 6) is -0.414. The van der Waals surface area contributed by atoms with E-state index in [2.05, 4.69) is 10.2 Å². The number of hydrogen-bond donors (Lipinski definition) is 1. The van der Waals surface area contributed by atoms with Crippen molar-refractivity contribution in [3.8, 4) is 0 Å². The van der Waals surface area contributed by atoms with Gasteiger partial charge in [-0.2, -0.15) is 0 Å². The number of ether oxygens (including phenoxy) is 1. The average molecular weight is 360 g/mol. The van der Waals surface area contributed by atoms with Gasteiger partial charge in [-0.15, -0.1) is 11.3 Å². The van der Waals surface area contributed by atoms with E-state index in [0.29, 0.717) is 19.8 Å². The summed E-state index contributed by atoms with van der Waals surface area (Å²) in [5.41, 5.74) is 0.865. The lowest BCUT2D eigenvalue weighted by atomic mass is 10.0. The van der Waals surface area contributed by atoms with Crippen molar-refractivity contribution in [2.75, 3.05) is 32.8 Å². The smallest absolute Gasteiger partial charge is 0.244 e. The van der Waals surface area contributed by atoms with Crippen LogP contribution in [0, 0.1) is 5.82 Å². The Morgan fingerprint density at radius 3 is 2.88 bits per heavy atom. The molecule has 0 saturated carbocycles. The topological polar surface area (TPSA) is 41.6 Å². The van der Waals surface area contributed by atoms with E-state index in [1.165, 1.54) is 18.2 Å². The fourth-order valence-corrected chi connectivity index (χ4v) is 3.48. The number of nitrogens with zero attached hydrogens (tertiary/aromatic N) is 1. The molecule has 1 saturated heterocycles. The maximum Gasteiger partial charge on any atom is 0.244 e. The lowest BCUT2D eigenvalue weighted by Gasteiger charge is -2.34. The predicted octanol–water partition coefficient (Wildman–Crippen LogP) is 3.09. The normalized spacial score (nSPS) is 16.8. The van der Waals surface area contributed by atoms with Crippen molar-refractivity contribution in [3.05, 3.63) is 64.1 Å². The molecule has 2 heterocycles. The third kappa shape index (κ3) is 5.22. The lowest BCUT2D eigenvalue weighted by Crippen LogP contribution is -2.43. The molecule has 1 fully saturated rings. The van der Waals surface area contributed by atoms with E-state index < -0.39 is 0 Å².